The molecule has 6 heteroatoms. The number of ether oxygens (including phenoxy) is 2. The standard InChI is InChI=1S/C23H30O6/c1-13-28-22-8-9-23(29-13,18(27)12-24)21(22,3)11-17(26)19-16(22)5-4-14-10-15(25)6-7-20(14,19)2/h10,12-13,16-17,19,26H,4-9,11H2,1-3H3/t13?,16-,17-,19-,20+,21+,22-,23-/m1/s1. The SMILES string of the molecule is CC1O[C@@]2(C(=O)C=O)CC[C@@]3(O1)[C@@H]1CCC4=CC(=O)CC[C@]4(C)[C@H]1[C@H](O)C[C@]23C. The molecule has 0 spiro atoms. The molecule has 0 amide bonds. The zero-order valence-corrected chi connectivity index (χ0v) is 17.4. The fourth-order valence-electron chi connectivity index (χ4n) is 8.21. The molecule has 4 fully saturated rings. The maximum atomic E-state index is 12.9. The molecule has 29 heavy (non-hydrogen) atoms. The van der Waals surface area contributed by atoms with Crippen molar-refractivity contribution >= 4 is 17.9 Å². The van der Waals surface area contributed by atoms with E-state index in [1.54, 1.807) is 13.0 Å². The monoisotopic (exact) mass is 402 g/mol. The van der Waals surface area contributed by atoms with E-state index >= 15 is 0 Å². The first-order valence-electron chi connectivity index (χ1n) is 10.9. The molecule has 1 N–H and O–H groups in total. The number of aldehydes is 1. The number of allylic oxidation sites excluding steroid dienone is 1. The first-order valence-corrected chi connectivity index (χ1v) is 10.9. The van der Waals surface area contributed by atoms with E-state index in [0.29, 0.717) is 32.0 Å². The summed E-state index contributed by atoms with van der Waals surface area (Å²) in [6.45, 7) is 5.96. The maximum absolute atomic E-state index is 12.9. The van der Waals surface area contributed by atoms with Gasteiger partial charge in [-0.1, -0.05) is 19.4 Å². The predicted molar refractivity (Wildman–Crippen MR) is 103 cm³/mol. The van der Waals surface area contributed by atoms with Crippen LogP contribution in [0.3, 0.4) is 0 Å². The molecule has 0 aromatic rings. The Bertz CT molecular complexity index is 833. The molecule has 6 nitrogen and oxygen atoms in total. The highest BCUT2D eigenvalue weighted by atomic mass is 16.7. The number of aliphatic hydroxyl groups is 1. The zero-order valence-electron chi connectivity index (χ0n) is 17.4. The van der Waals surface area contributed by atoms with E-state index in [0.717, 1.165) is 24.8 Å². The van der Waals surface area contributed by atoms with Crippen LogP contribution < -0.4 is 0 Å². The fraction of sp³-hybridized carbons (Fsp3) is 0.783. The van der Waals surface area contributed by atoms with Crippen LogP contribution >= 0.6 is 0 Å². The van der Waals surface area contributed by atoms with Gasteiger partial charge in [0.05, 0.1) is 11.7 Å². The molecular formula is C23H30O6. The van der Waals surface area contributed by atoms with E-state index < -0.39 is 34.8 Å². The Labute approximate surface area is 171 Å². The van der Waals surface area contributed by atoms with Gasteiger partial charge in [-0.3, -0.25) is 14.4 Å². The minimum Gasteiger partial charge on any atom is -0.393 e. The average molecular weight is 402 g/mol. The van der Waals surface area contributed by atoms with Crippen molar-refractivity contribution in [2.75, 3.05) is 0 Å². The number of hydrogen-bond donors (Lipinski definition) is 1. The summed E-state index contributed by atoms with van der Waals surface area (Å²) >= 11 is 0. The van der Waals surface area contributed by atoms with Crippen molar-refractivity contribution in [1.82, 2.24) is 0 Å². The first-order chi connectivity index (χ1) is 13.6. The normalized spacial score (nSPS) is 53.4. The maximum Gasteiger partial charge on any atom is 0.227 e. The summed E-state index contributed by atoms with van der Waals surface area (Å²) < 4.78 is 12.7. The third-order valence-corrected chi connectivity index (χ3v) is 9.41. The number of rotatable bonds is 2. The molecule has 1 unspecified atom stereocenters. The van der Waals surface area contributed by atoms with Crippen molar-refractivity contribution in [3.63, 3.8) is 0 Å². The van der Waals surface area contributed by atoms with Gasteiger partial charge in [0.2, 0.25) is 5.78 Å². The Balaban J connectivity index is 1.66. The van der Waals surface area contributed by atoms with Crippen LogP contribution in [0.25, 0.3) is 0 Å². The van der Waals surface area contributed by atoms with Crippen molar-refractivity contribution in [2.45, 2.75) is 89.3 Å². The molecule has 5 aliphatic rings. The van der Waals surface area contributed by atoms with Crippen LogP contribution in [0.4, 0.5) is 0 Å². The first kappa shape index (κ1) is 19.6. The summed E-state index contributed by atoms with van der Waals surface area (Å²) in [5.74, 6) is -0.333. The number of hydrogen-bond acceptors (Lipinski definition) is 6. The topological polar surface area (TPSA) is 89.9 Å². The molecule has 1 heterocycles. The lowest BCUT2D eigenvalue weighted by Gasteiger charge is -2.67. The molecule has 1 saturated heterocycles. The molecular weight excluding hydrogens is 372 g/mol. The van der Waals surface area contributed by atoms with Gasteiger partial charge in [-0.2, -0.15) is 0 Å². The Morgan fingerprint density at radius 2 is 1.97 bits per heavy atom. The molecule has 2 bridgehead atoms. The number of carbonyl (C=O) groups is 3. The second-order valence-corrected chi connectivity index (χ2v) is 10.3. The van der Waals surface area contributed by atoms with E-state index in [9.17, 15) is 19.5 Å². The average Bonchev–Trinajstić information content (AvgIpc) is 2.80. The van der Waals surface area contributed by atoms with Crippen molar-refractivity contribution in [2.24, 2.45) is 22.7 Å². The van der Waals surface area contributed by atoms with Gasteiger partial charge < -0.3 is 14.6 Å². The highest BCUT2D eigenvalue weighted by molar-refractivity contribution is 6.29. The molecule has 0 aromatic carbocycles. The van der Waals surface area contributed by atoms with Crippen LogP contribution in [0.1, 0.15) is 65.7 Å². The van der Waals surface area contributed by atoms with Gasteiger partial charge in [-0.15, -0.1) is 0 Å². The highest BCUT2D eigenvalue weighted by Gasteiger charge is 2.79. The van der Waals surface area contributed by atoms with Crippen LogP contribution in [0, 0.1) is 22.7 Å². The van der Waals surface area contributed by atoms with Crippen LogP contribution in [0.5, 0.6) is 0 Å². The molecule has 8 atom stereocenters. The fourth-order valence-corrected chi connectivity index (χ4v) is 8.21. The summed E-state index contributed by atoms with van der Waals surface area (Å²) in [5.41, 5.74) is -1.67. The van der Waals surface area contributed by atoms with E-state index in [-0.39, 0.29) is 23.0 Å². The molecule has 5 rings (SSSR count). The third-order valence-electron chi connectivity index (χ3n) is 9.41. The smallest absolute Gasteiger partial charge is 0.227 e. The minimum atomic E-state index is -1.22. The molecule has 4 aliphatic carbocycles. The Morgan fingerprint density at radius 1 is 1.21 bits per heavy atom. The lowest BCUT2D eigenvalue weighted by molar-refractivity contribution is -0.372. The van der Waals surface area contributed by atoms with Gasteiger partial charge >= 0.3 is 0 Å². The Kier molecular flexibility index (Phi) is 3.96. The number of ketones is 2. The van der Waals surface area contributed by atoms with Gasteiger partial charge in [-0.05, 0) is 68.8 Å². The molecule has 1 aliphatic heterocycles. The number of fused-ring (bicyclic) bond motifs is 3. The second-order valence-electron chi connectivity index (χ2n) is 10.3. The van der Waals surface area contributed by atoms with E-state index in [1.807, 2.05) is 6.92 Å². The molecule has 0 aromatic heterocycles. The molecule has 0 radical (unpaired) electrons. The van der Waals surface area contributed by atoms with Crippen LogP contribution in [-0.4, -0.2) is 46.6 Å². The zero-order chi connectivity index (χ0) is 20.8. The number of carbonyl (C=O) groups excluding carboxylic acids is 3. The summed E-state index contributed by atoms with van der Waals surface area (Å²) in [4.78, 5) is 36.5. The predicted octanol–water partition coefficient (Wildman–Crippen LogP) is 2.51. The van der Waals surface area contributed by atoms with Gasteiger partial charge in [0.1, 0.15) is 5.60 Å². The van der Waals surface area contributed by atoms with E-state index in [2.05, 4.69) is 6.92 Å². The van der Waals surface area contributed by atoms with Crippen molar-refractivity contribution in [3.8, 4) is 0 Å². The summed E-state index contributed by atoms with van der Waals surface area (Å²) in [5, 5.41) is 11.5. The largest absolute Gasteiger partial charge is 0.393 e. The highest BCUT2D eigenvalue weighted by Crippen LogP contribution is 2.73. The van der Waals surface area contributed by atoms with Crippen molar-refractivity contribution in [3.05, 3.63) is 11.6 Å². The van der Waals surface area contributed by atoms with Crippen LogP contribution in [-0.2, 0) is 23.9 Å². The summed E-state index contributed by atoms with van der Waals surface area (Å²) in [6.07, 6.45) is 5.28. The van der Waals surface area contributed by atoms with Gasteiger partial charge in [-0.25, -0.2) is 0 Å². The summed E-state index contributed by atoms with van der Waals surface area (Å²) in [6, 6.07) is 0. The van der Waals surface area contributed by atoms with Gasteiger partial charge in [0.15, 0.2) is 18.4 Å². The quantitative estimate of drug-likeness (QED) is 0.564. The Hall–Kier alpha value is -1.37. The third kappa shape index (κ3) is 2.10. The number of Topliss-reactive ketones (excluding diaryl/α,β-unsaturated/α-hetero) is 1. The lowest BCUT2D eigenvalue weighted by Crippen LogP contribution is -2.74. The Morgan fingerprint density at radius 3 is 2.69 bits per heavy atom. The molecule has 158 valence electrons. The van der Waals surface area contributed by atoms with Gasteiger partial charge in [0.25, 0.3) is 0 Å². The lowest BCUT2D eigenvalue weighted by atomic mass is 9.43. The van der Waals surface area contributed by atoms with Crippen LogP contribution in [0.15, 0.2) is 11.6 Å². The number of aliphatic hydroxyl groups excluding tert-OH is 1. The van der Waals surface area contributed by atoms with Crippen molar-refractivity contribution < 1.29 is 29.0 Å². The minimum absolute atomic E-state index is 0.0314. The van der Waals surface area contributed by atoms with Gasteiger partial charge in [0, 0.05) is 11.8 Å². The van der Waals surface area contributed by atoms with E-state index in [1.165, 1.54) is 0 Å². The summed E-state index contributed by atoms with van der Waals surface area (Å²) in [7, 11) is 0. The van der Waals surface area contributed by atoms with E-state index in [4.69, 9.17) is 9.47 Å². The molecule has 3 saturated carbocycles. The van der Waals surface area contributed by atoms with Crippen molar-refractivity contribution in [1.29, 1.82) is 0 Å². The second kappa shape index (κ2) is 5.86. The van der Waals surface area contributed by atoms with Crippen LogP contribution in [0.2, 0.25) is 0 Å².